The van der Waals surface area contributed by atoms with Gasteiger partial charge in [-0.3, -0.25) is 0 Å². The van der Waals surface area contributed by atoms with Gasteiger partial charge in [0.25, 0.3) is 0 Å². The molecule has 9 nitrogen and oxygen atoms in total. The minimum atomic E-state index is -0.601. The van der Waals surface area contributed by atoms with Crippen molar-refractivity contribution >= 4 is 24.0 Å². The van der Waals surface area contributed by atoms with Crippen LogP contribution >= 0.6 is 0 Å². The van der Waals surface area contributed by atoms with Gasteiger partial charge in [-0.05, 0) is 73.7 Å². The van der Waals surface area contributed by atoms with E-state index in [1.54, 1.807) is 30.3 Å². The fourth-order valence-electron chi connectivity index (χ4n) is 2.94. The molecule has 2 aromatic carbocycles. The summed E-state index contributed by atoms with van der Waals surface area (Å²) in [5, 5.41) is 8.81. The summed E-state index contributed by atoms with van der Waals surface area (Å²) in [5.41, 5.74) is 0.838. The number of carbonyl (C=O) groups is 3. The number of rotatable bonds is 18. The van der Waals surface area contributed by atoms with Crippen molar-refractivity contribution in [2.45, 2.75) is 25.7 Å². The molecule has 0 aromatic heterocycles. The van der Waals surface area contributed by atoms with E-state index in [0.717, 1.165) is 18.1 Å². The maximum Gasteiger partial charge on any atom is 0.336 e. The molecule has 0 aliphatic rings. The van der Waals surface area contributed by atoms with Crippen LogP contribution in [0, 0.1) is 0 Å². The summed E-state index contributed by atoms with van der Waals surface area (Å²) in [6.45, 7) is 7.80. The fraction of sp³-hybridized carbons (Fsp3) is 0.300. The third-order valence-corrected chi connectivity index (χ3v) is 5.07. The average Bonchev–Trinajstić information content (AvgIpc) is 2.96. The first-order valence-electron chi connectivity index (χ1n) is 12.5. The molecule has 0 saturated heterocycles. The van der Waals surface area contributed by atoms with Crippen molar-refractivity contribution in [3.05, 3.63) is 85.0 Å². The molecule has 1 N–H and O–H groups in total. The largest absolute Gasteiger partial charge is 0.494 e. The van der Waals surface area contributed by atoms with Crippen molar-refractivity contribution < 1.29 is 43.2 Å². The van der Waals surface area contributed by atoms with Crippen molar-refractivity contribution in [2.75, 3.05) is 33.0 Å². The molecule has 0 heterocycles. The smallest absolute Gasteiger partial charge is 0.336 e. The van der Waals surface area contributed by atoms with Crippen LogP contribution in [0.25, 0.3) is 6.08 Å². The molecule has 0 radical (unpaired) electrons. The molecule has 0 amide bonds. The Kier molecular flexibility index (Phi) is 14.2. The number of hydrogen-bond acceptors (Lipinski definition) is 9. The summed E-state index contributed by atoms with van der Waals surface area (Å²) >= 11 is 0. The van der Waals surface area contributed by atoms with E-state index < -0.39 is 24.5 Å². The van der Waals surface area contributed by atoms with E-state index in [2.05, 4.69) is 13.2 Å². The van der Waals surface area contributed by atoms with Crippen LogP contribution in [-0.2, 0) is 23.9 Å². The van der Waals surface area contributed by atoms with Gasteiger partial charge in [-0.1, -0.05) is 25.3 Å². The molecule has 0 fully saturated rings. The standard InChI is InChI=1S/C30H34O9/c1-3-28(32)37-20-6-4-18-35-25-11-8-24(9-12-25)10-17-29(33)39-27-15-13-26(14-16-27)36-19-5-7-21-38-30(34)23(2)22-31/h3,8-17,31H,1-2,4-7,18-22H2/b17-10+. The number of ether oxygens (including phenoxy) is 5. The lowest BCUT2D eigenvalue weighted by Gasteiger charge is -2.08. The quantitative estimate of drug-likeness (QED) is 0.127. The first-order valence-corrected chi connectivity index (χ1v) is 12.5. The van der Waals surface area contributed by atoms with Crippen LogP contribution in [0.5, 0.6) is 17.2 Å². The van der Waals surface area contributed by atoms with E-state index >= 15 is 0 Å². The zero-order valence-electron chi connectivity index (χ0n) is 21.8. The van der Waals surface area contributed by atoms with Crippen molar-refractivity contribution in [2.24, 2.45) is 0 Å². The molecule has 2 rings (SSSR count). The molecule has 2 aromatic rings. The first kappa shape index (κ1) is 30.9. The maximum absolute atomic E-state index is 12.2. The van der Waals surface area contributed by atoms with Gasteiger partial charge < -0.3 is 28.8 Å². The molecule has 0 unspecified atom stereocenters. The first-order chi connectivity index (χ1) is 18.9. The molecule has 0 bridgehead atoms. The molecule has 0 aliphatic heterocycles. The molecule has 0 saturated carbocycles. The number of benzene rings is 2. The summed E-state index contributed by atoms with van der Waals surface area (Å²) in [6, 6.07) is 13.9. The maximum atomic E-state index is 12.2. The van der Waals surface area contributed by atoms with Gasteiger partial charge in [0, 0.05) is 12.2 Å². The van der Waals surface area contributed by atoms with E-state index in [-0.39, 0.29) is 12.2 Å². The Bertz CT molecular complexity index is 1100. The van der Waals surface area contributed by atoms with Crippen LogP contribution in [-0.4, -0.2) is 56.0 Å². The lowest BCUT2D eigenvalue weighted by molar-refractivity contribution is -0.140. The Labute approximate surface area is 228 Å². The second-order valence-electron chi connectivity index (χ2n) is 8.18. The predicted octanol–water partition coefficient (Wildman–Crippen LogP) is 4.44. The second kappa shape index (κ2) is 18.0. The van der Waals surface area contributed by atoms with Gasteiger partial charge in [0.2, 0.25) is 0 Å². The van der Waals surface area contributed by atoms with Gasteiger partial charge >= 0.3 is 17.9 Å². The minimum absolute atomic E-state index is 0.0258. The summed E-state index contributed by atoms with van der Waals surface area (Å²) < 4.78 is 26.5. The summed E-state index contributed by atoms with van der Waals surface area (Å²) in [5.74, 6) is 0.163. The third-order valence-electron chi connectivity index (χ3n) is 5.07. The molecular weight excluding hydrogens is 504 g/mol. The highest BCUT2D eigenvalue weighted by molar-refractivity contribution is 5.89. The van der Waals surface area contributed by atoms with E-state index in [1.807, 2.05) is 24.3 Å². The summed E-state index contributed by atoms with van der Waals surface area (Å²) in [7, 11) is 0. The van der Waals surface area contributed by atoms with E-state index in [1.165, 1.54) is 6.08 Å². The Morgan fingerprint density at radius 2 is 1.23 bits per heavy atom. The van der Waals surface area contributed by atoms with Gasteiger partial charge in [0.1, 0.15) is 17.2 Å². The fourth-order valence-corrected chi connectivity index (χ4v) is 2.94. The van der Waals surface area contributed by atoms with Gasteiger partial charge in [0.05, 0.1) is 38.6 Å². The average molecular weight is 539 g/mol. The minimum Gasteiger partial charge on any atom is -0.494 e. The molecule has 0 aliphatic carbocycles. The van der Waals surface area contributed by atoms with E-state index in [4.69, 9.17) is 28.8 Å². The van der Waals surface area contributed by atoms with Crippen molar-refractivity contribution in [1.29, 1.82) is 0 Å². The Hall–Kier alpha value is -4.37. The van der Waals surface area contributed by atoms with Crippen LogP contribution in [0.2, 0.25) is 0 Å². The normalized spacial score (nSPS) is 10.5. The Morgan fingerprint density at radius 1 is 0.718 bits per heavy atom. The number of unbranched alkanes of at least 4 members (excludes halogenated alkanes) is 2. The summed E-state index contributed by atoms with van der Waals surface area (Å²) in [6.07, 6.45) is 6.84. The highest BCUT2D eigenvalue weighted by Gasteiger charge is 2.06. The molecule has 0 spiro atoms. The predicted molar refractivity (Wildman–Crippen MR) is 145 cm³/mol. The molecule has 39 heavy (non-hydrogen) atoms. The number of aliphatic hydroxyl groups is 1. The highest BCUT2D eigenvalue weighted by Crippen LogP contribution is 2.19. The van der Waals surface area contributed by atoms with E-state index in [9.17, 15) is 14.4 Å². The number of carbonyl (C=O) groups excluding carboxylic acids is 3. The van der Waals surface area contributed by atoms with Gasteiger partial charge in [-0.2, -0.15) is 0 Å². The van der Waals surface area contributed by atoms with Crippen LogP contribution in [0.15, 0.2) is 79.4 Å². The van der Waals surface area contributed by atoms with Crippen LogP contribution in [0.4, 0.5) is 0 Å². The number of hydrogen-bond donors (Lipinski definition) is 1. The lowest BCUT2D eigenvalue weighted by atomic mass is 10.2. The Morgan fingerprint density at radius 3 is 1.79 bits per heavy atom. The van der Waals surface area contributed by atoms with Crippen molar-refractivity contribution in [3.8, 4) is 17.2 Å². The number of aliphatic hydroxyl groups excluding tert-OH is 1. The Balaban J connectivity index is 1.63. The zero-order valence-corrected chi connectivity index (χ0v) is 21.8. The highest BCUT2D eigenvalue weighted by atomic mass is 16.5. The SMILES string of the molecule is C=CC(=O)OCCCCOc1ccc(/C=C/C(=O)Oc2ccc(OCCCCOC(=O)C(=C)CO)cc2)cc1. The van der Waals surface area contributed by atoms with Crippen LogP contribution in [0.1, 0.15) is 31.2 Å². The molecule has 208 valence electrons. The van der Waals surface area contributed by atoms with Crippen molar-refractivity contribution in [3.63, 3.8) is 0 Å². The van der Waals surface area contributed by atoms with Crippen LogP contribution < -0.4 is 14.2 Å². The second-order valence-corrected chi connectivity index (χ2v) is 8.18. The van der Waals surface area contributed by atoms with Crippen LogP contribution in [0.3, 0.4) is 0 Å². The van der Waals surface area contributed by atoms with Gasteiger partial charge in [-0.25, -0.2) is 14.4 Å². The molecule has 9 heteroatoms. The molecular formula is C30H34O9. The third kappa shape index (κ3) is 13.1. The van der Waals surface area contributed by atoms with Gasteiger partial charge in [-0.15, -0.1) is 0 Å². The lowest BCUT2D eigenvalue weighted by Crippen LogP contribution is -2.11. The van der Waals surface area contributed by atoms with Gasteiger partial charge in [0.15, 0.2) is 0 Å². The van der Waals surface area contributed by atoms with Crippen molar-refractivity contribution in [1.82, 2.24) is 0 Å². The van der Waals surface area contributed by atoms with E-state index in [0.29, 0.717) is 56.3 Å². The topological polar surface area (TPSA) is 118 Å². The summed E-state index contributed by atoms with van der Waals surface area (Å²) in [4.78, 5) is 34.5. The number of esters is 3. The molecule has 0 atom stereocenters. The monoisotopic (exact) mass is 538 g/mol. The zero-order chi connectivity index (χ0) is 28.3.